The molecule has 1 heterocycles. The van der Waals surface area contributed by atoms with Crippen molar-refractivity contribution >= 4 is 23.1 Å². The number of hydrogen-bond acceptors (Lipinski definition) is 5. The minimum atomic E-state index is 0.317. The minimum Gasteiger partial charge on any atom is -0.490 e. The highest BCUT2D eigenvalue weighted by molar-refractivity contribution is 7.99. The molecule has 140 valence electrons. The van der Waals surface area contributed by atoms with Crippen LogP contribution in [0.4, 0.5) is 11.4 Å². The van der Waals surface area contributed by atoms with E-state index < -0.39 is 0 Å². The number of anilines is 2. The molecule has 0 radical (unpaired) electrons. The first-order valence-corrected chi connectivity index (χ1v) is 10.3. The van der Waals surface area contributed by atoms with E-state index in [9.17, 15) is 0 Å². The second-order valence-electron chi connectivity index (χ2n) is 6.90. The van der Waals surface area contributed by atoms with Gasteiger partial charge >= 0.3 is 0 Å². The van der Waals surface area contributed by atoms with Crippen molar-refractivity contribution in [1.82, 2.24) is 5.32 Å². The van der Waals surface area contributed by atoms with Crippen molar-refractivity contribution < 1.29 is 4.74 Å². The van der Waals surface area contributed by atoms with E-state index in [1.807, 2.05) is 18.2 Å². The molecule has 0 bridgehead atoms. The first-order valence-electron chi connectivity index (χ1n) is 9.46. The third kappa shape index (κ3) is 5.08. The molecule has 26 heavy (non-hydrogen) atoms. The first kappa shape index (κ1) is 18.9. The largest absolute Gasteiger partial charge is 0.490 e. The molecule has 0 aliphatic carbocycles. The van der Waals surface area contributed by atoms with Crippen LogP contribution in [0.1, 0.15) is 32.6 Å². The summed E-state index contributed by atoms with van der Waals surface area (Å²) in [6, 6.07) is 14.1. The smallest absolute Gasteiger partial charge is 0.119 e. The maximum absolute atomic E-state index is 6.36. The van der Waals surface area contributed by atoms with Crippen LogP contribution < -0.4 is 21.5 Å². The fourth-order valence-electron chi connectivity index (χ4n) is 3.40. The molecule has 0 saturated carbocycles. The Labute approximate surface area is 160 Å². The van der Waals surface area contributed by atoms with E-state index in [4.69, 9.17) is 16.2 Å². The molecule has 5 N–H and O–H groups in total. The first-order chi connectivity index (χ1) is 12.7. The van der Waals surface area contributed by atoms with Crippen molar-refractivity contribution in [3.63, 3.8) is 0 Å². The summed E-state index contributed by atoms with van der Waals surface area (Å²) >= 11 is 1.68. The molecule has 0 spiro atoms. The molecule has 1 unspecified atom stereocenters. The van der Waals surface area contributed by atoms with Gasteiger partial charge in [-0.2, -0.15) is 0 Å². The Morgan fingerprint density at radius 2 is 1.73 bits per heavy atom. The molecule has 2 aromatic carbocycles. The summed E-state index contributed by atoms with van der Waals surface area (Å²) in [5, 5.41) is 3.44. The third-order valence-corrected chi connectivity index (χ3v) is 5.89. The lowest BCUT2D eigenvalue weighted by Crippen LogP contribution is -2.36. The van der Waals surface area contributed by atoms with E-state index in [1.165, 1.54) is 12.8 Å². The van der Waals surface area contributed by atoms with Crippen molar-refractivity contribution in [2.24, 2.45) is 5.92 Å². The van der Waals surface area contributed by atoms with Crippen molar-refractivity contribution in [1.29, 1.82) is 0 Å². The topological polar surface area (TPSA) is 73.3 Å². The molecule has 1 atom stereocenters. The van der Waals surface area contributed by atoms with Crippen LogP contribution in [0.5, 0.6) is 5.75 Å². The molecule has 2 aromatic rings. The van der Waals surface area contributed by atoms with Crippen LogP contribution in [0, 0.1) is 5.92 Å². The number of nitrogens with one attached hydrogen (secondary N) is 1. The van der Waals surface area contributed by atoms with Crippen LogP contribution in [-0.4, -0.2) is 19.2 Å². The van der Waals surface area contributed by atoms with Crippen LogP contribution in [0.25, 0.3) is 0 Å². The second kappa shape index (κ2) is 9.19. The summed E-state index contributed by atoms with van der Waals surface area (Å²) in [5.74, 6) is 1.62. The van der Waals surface area contributed by atoms with Gasteiger partial charge in [0.05, 0.1) is 11.4 Å². The zero-order valence-corrected chi connectivity index (χ0v) is 16.2. The SMILES string of the molecule is CCCC(Oc1ccc(Sc2ccc(N)c(N)c2)cc1)C1CCNCC1. The molecule has 3 rings (SSSR count). The number of hydrogen-bond donors (Lipinski definition) is 3. The van der Waals surface area contributed by atoms with Crippen LogP contribution in [0.3, 0.4) is 0 Å². The van der Waals surface area contributed by atoms with Gasteiger partial charge in [0.15, 0.2) is 0 Å². The van der Waals surface area contributed by atoms with Gasteiger partial charge in [0, 0.05) is 9.79 Å². The summed E-state index contributed by atoms with van der Waals surface area (Å²) in [5.41, 5.74) is 12.9. The number of benzene rings is 2. The molecular weight excluding hydrogens is 342 g/mol. The predicted molar refractivity (Wildman–Crippen MR) is 111 cm³/mol. The molecular formula is C21H29N3OS. The molecule has 0 amide bonds. The van der Waals surface area contributed by atoms with E-state index in [2.05, 4.69) is 36.5 Å². The number of piperidine rings is 1. The molecule has 5 heteroatoms. The monoisotopic (exact) mass is 371 g/mol. The normalized spacial score (nSPS) is 16.3. The van der Waals surface area contributed by atoms with E-state index in [0.717, 1.165) is 41.5 Å². The molecule has 1 aliphatic rings. The molecule has 1 fully saturated rings. The lowest BCUT2D eigenvalue weighted by molar-refractivity contribution is 0.103. The number of nitrogen functional groups attached to an aromatic ring is 2. The maximum atomic E-state index is 6.36. The zero-order valence-electron chi connectivity index (χ0n) is 15.4. The summed E-state index contributed by atoms with van der Waals surface area (Å²) < 4.78 is 6.36. The van der Waals surface area contributed by atoms with Gasteiger partial charge in [-0.25, -0.2) is 0 Å². The van der Waals surface area contributed by atoms with E-state index in [1.54, 1.807) is 11.8 Å². The average Bonchev–Trinajstić information content (AvgIpc) is 2.67. The number of ether oxygens (including phenoxy) is 1. The Bertz CT molecular complexity index is 699. The van der Waals surface area contributed by atoms with Gasteiger partial charge < -0.3 is 21.5 Å². The Kier molecular flexibility index (Phi) is 6.69. The highest BCUT2D eigenvalue weighted by Gasteiger charge is 2.24. The zero-order chi connectivity index (χ0) is 18.4. The fraction of sp³-hybridized carbons (Fsp3) is 0.429. The lowest BCUT2D eigenvalue weighted by Gasteiger charge is -2.31. The van der Waals surface area contributed by atoms with Gasteiger partial charge in [-0.05, 0) is 80.7 Å². The van der Waals surface area contributed by atoms with Gasteiger partial charge in [-0.15, -0.1) is 0 Å². The minimum absolute atomic E-state index is 0.317. The highest BCUT2D eigenvalue weighted by Crippen LogP contribution is 2.32. The molecule has 1 aliphatic heterocycles. The van der Waals surface area contributed by atoms with Gasteiger partial charge in [0.25, 0.3) is 0 Å². The molecule has 0 aromatic heterocycles. The van der Waals surface area contributed by atoms with E-state index in [-0.39, 0.29) is 0 Å². The van der Waals surface area contributed by atoms with Crippen LogP contribution in [-0.2, 0) is 0 Å². The number of rotatable bonds is 7. The fourth-order valence-corrected chi connectivity index (χ4v) is 4.27. The summed E-state index contributed by atoms with van der Waals surface area (Å²) in [7, 11) is 0. The maximum Gasteiger partial charge on any atom is 0.119 e. The van der Waals surface area contributed by atoms with Crippen molar-refractivity contribution in [3.05, 3.63) is 42.5 Å². The van der Waals surface area contributed by atoms with Crippen LogP contribution in [0.2, 0.25) is 0 Å². The Morgan fingerprint density at radius 3 is 2.38 bits per heavy atom. The number of nitrogens with two attached hydrogens (primary N) is 2. The average molecular weight is 372 g/mol. The van der Waals surface area contributed by atoms with Crippen LogP contribution >= 0.6 is 11.8 Å². The quantitative estimate of drug-likeness (QED) is 0.623. The van der Waals surface area contributed by atoms with Crippen molar-refractivity contribution in [2.75, 3.05) is 24.6 Å². The third-order valence-electron chi connectivity index (χ3n) is 4.89. The molecule has 1 saturated heterocycles. The highest BCUT2D eigenvalue weighted by atomic mass is 32.2. The predicted octanol–water partition coefficient (Wildman–Crippen LogP) is 4.55. The Balaban J connectivity index is 1.63. The van der Waals surface area contributed by atoms with E-state index >= 15 is 0 Å². The lowest BCUT2D eigenvalue weighted by atomic mass is 9.89. The summed E-state index contributed by atoms with van der Waals surface area (Å²) in [6.07, 6.45) is 5.00. The van der Waals surface area contributed by atoms with Gasteiger partial charge in [0.1, 0.15) is 11.9 Å². The Morgan fingerprint density at radius 1 is 1.04 bits per heavy atom. The van der Waals surface area contributed by atoms with Crippen molar-refractivity contribution in [2.45, 2.75) is 48.5 Å². The van der Waals surface area contributed by atoms with Gasteiger partial charge in [0.2, 0.25) is 0 Å². The van der Waals surface area contributed by atoms with Gasteiger partial charge in [-0.1, -0.05) is 25.1 Å². The molecule has 4 nitrogen and oxygen atoms in total. The summed E-state index contributed by atoms with van der Waals surface area (Å²) in [6.45, 7) is 4.44. The van der Waals surface area contributed by atoms with Crippen LogP contribution in [0.15, 0.2) is 52.3 Å². The standard InChI is InChI=1S/C21H29N3OS/c1-2-3-21(15-10-12-24-13-11-15)25-16-4-6-17(7-5-16)26-18-8-9-19(22)20(23)14-18/h4-9,14-15,21,24H,2-3,10-13,22-23H2,1H3. The van der Waals surface area contributed by atoms with Gasteiger partial charge in [-0.3, -0.25) is 0 Å². The van der Waals surface area contributed by atoms with Crippen molar-refractivity contribution in [3.8, 4) is 5.75 Å². The summed E-state index contributed by atoms with van der Waals surface area (Å²) in [4.78, 5) is 2.25. The Hall–Kier alpha value is -1.85. The second-order valence-corrected chi connectivity index (χ2v) is 8.04. The van der Waals surface area contributed by atoms with E-state index in [0.29, 0.717) is 23.4 Å².